The molecule has 0 unspecified atom stereocenters. The van der Waals surface area contributed by atoms with Crippen molar-refractivity contribution in [2.75, 3.05) is 44.4 Å². The summed E-state index contributed by atoms with van der Waals surface area (Å²) in [6.07, 6.45) is 1.55. The van der Waals surface area contributed by atoms with Gasteiger partial charge in [-0.15, -0.1) is 0 Å². The van der Waals surface area contributed by atoms with Gasteiger partial charge in [0.25, 0.3) is 6.20 Å². The summed E-state index contributed by atoms with van der Waals surface area (Å²) in [5.74, 6) is 1.07. The van der Waals surface area contributed by atoms with Crippen molar-refractivity contribution in [1.82, 2.24) is 10.3 Å². The smallest absolute Gasteiger partial charge is 0.305 e. The molecule has 0 aliphatic carbocycles. The molecule has 37 heavy (non-hydrogen) atoms. The van der Waals surface area contributed by atoms with Crippen molar-refractivity contribution in [3.8, 4) is 40.0 Å². The molecule has 0 atom stereocenters. The van der Waals surface area contributed by atoms with Gasteiger partial charge >= 0.3 is 5.88 Å². The molecule has 2 aromatic carbocycles. The number of amides is 1. The lowest BCUT2D eigenvalue weighted by Crippen LogP contribution is -2.53. The lowest BCUT2D eigenvalue weighted by Gasteiger charge is -2.15. The van der Waals surface area contributed by atoms with Gasteiger partial charge in [0, 0.05) is 16.7 Å². The molecule has 4 aromatic rings. The molecule has 1 N–H and O–H groups in total. The summed E-state index contributed by atoms with van der Waals surface area (Å²) in [7, 11) is 6.72. The number of thioether (sulfide) groups is 1. The van der Waals surface area contributed by atoms with Gasteiger partial charge in [-0.3, -0.25) is 14.6 Å². The SMILES string of the molecule is COc1ccc(OC)c(-c2cc(-c3ccccc3)nc(SCC(=O)Nc3c[n+](N(C)C)no3)c2C#N)c1. The molecule has 0 saturated carbocycles. The lowest BCUT2D eigenvalue weighted by molar-refractivity contribution is -0.753. The zero-order valence-corrected chi connectivity index (χ0v) is 21.6. The van der Waals surface area contributed by atoms with Gasteiger partial charge in [0.2, 0.25) is 11.2 Å². The molecule has 2 aromatic heterocycles. The Hall–Kier alpha value is -4.56. The number of hydrogen-bond acceptors (Lipinski definition) is 9. The summed E-state index contributed by atoms with van der Waals surface area (Å²) in [5.41, 5.74) is 3.16. The highest BCUT2D eigenvalue weighted by Gasteiger charge is 2.21. The summed E-state index contributed by atoms with van der Waals surface area (Å²) < 4.78 is 16.1. The highest BCUT2D eigenvalue weighted by molar-refractivity contribution is 8.00. The van der Waals surface area contributed by atoms with Gasteiger partial charge in [-0.2, -0.15) is 10.3 Å². The van der Waals surface area contributed by atoms with Crippen LogP contribution in [0.3, 0.4) is 0 Å². The Labute approximate surface area is 218 Å². The Morgan fingerprint density at radius 3 is 2.57 bits per heavy atom. The van der Waals surface area contributed by atoms with Crippen molar-refractivity contribution in [2.24, 2.45) is 0 Å². The zero-order chi connectivity index (χ0) is 26.4. The summed E-state index contributed by atoms with van der Waals surface area (Å²) in [5, 5.41) is 18.7. The minimum Gasteiger partial charge on any atom is -0.497 e. The maximum absolute atomic E-state index is 12.7. The number of nitrogens with one attached hydrogen (secondary N) is 1. The monoisotopic (exact) mass is 517 g/mol. The second-order valence-electron chi connectivity index (χ2n) is 7.95. The van der Waals surface area contributed by atoms with Crippen LogP contribution in [0.25, 0.3) is 22.4 Å². The van der Waals surface area contributed by atoms with Crippen LogP contribution >= 0.6 is 11.8 Å². The van der Waals surface area contributed by atoms with E-state index in [2.05, 4.69) is 16.7 Å². The van der Waals surface area contributed by atoms with Crippen molar-refractivity contribution >= 4 is 23.6 Å². The van der Waals surface area contributed by atoms with Gasteiger partial charge in [-0.05, 0) is 24.3 Å². The predicted octanol–water partition coefficient (Wildman–Crippen LogP) is 3.51. The molecule has 11 heteroatoms. The number of carbonyl (C=O) groups is 1. The molecule has 4 rings (SSSR count). The van der Waals surface area contributed by atoms with E-state index in [9.17, 15) is 10.1 Å². The Morgan fingerprint density at radius 2 is 1.92 bits per heavy atom. The van der Waals surface area contributed by atoms with E-state index >= 15 is 0 Å². The number of carbonyl (C=O) groups excluding carboxylic acids is 1. The minimum atomic E-state index is -0.330. The quantitative estimate of drug-likeness (QED) is 0.263. The molecule has 0 spiro atoms. The first-order valence-corrected chi connectivity index (χ1v) is 12.1. The maximum atomic E-state index is 12.7. The Balaban J connectivity index is 1.72. The molecule has 10 nitrogen and oxygen atoms in total. The third kappa shape index (κ3) is 5.82. The van der Waals surface area contributed by atoms with Gasteiger partial charge < -0.3 is 9.47 Å². The van der Waals surface area contributed by atoms with E-state index in [-0.39, 0.29) is 17.5 Å². The first-order valence-electron chi connectivity index (χ1n) is 11.2. The number of ether oxygens (including phenoxy) is 2. The zero-order valence-electron chi connectivity index (χ0n) is 20.8. The highest BCUT2D eigenvalue weighted by atomic mass is 32.2. The summed E-state index contributed by atoms with van der Waals surface area (Å²) in [4.78, 5) is 18.9. The number of methoxy groups -OCH3 is 2. The molecule has 2 heterocycles. The minimum absolute atomic E-state index is 0.00271. The largest absolute Gasteiger partial charge is 0.497 e. The number of pyridine rings is 1. The standard InChI is InChI=1S/C26H24N6O4S/c1-31(2)32-15-25(36-30-32)29-24(33)16-37-26-21(14-27)19(13-22(28-26)17-8-6-5-7-9-17)20-12-18(34-3)10-11-23(20)35-4/h5-13,15H,16H2,1-4H3/p+1. The lowest BCUT2D eigenvalue weighted by atomic mass is 9.98. The normalized spacial score (nSPS) is 10.5. The Morgan fingerprint density at radius 1 is 1.14 bits per heavy atom. The van der Waals surface area contributed by atoms with Crippen LogP contribution in [-0.4, -0.2) is 50.2 Å². The van der Waals surface area contributed by atoms with Crippen LogP contribution in [0, 0.1) is 11.3 Å². The van der Waals surface area contributed by atoms with Gasteiger partial charge in [0.05, 0.1) is 50.1 Å². The molecule has 0 aliphatic rings. The fraction of sp³-hybridized carbons (Fsp3) is 0.192. The van der Waals surface area contributed by atoms with Crippen LogP contribution in [0.4, 0.5) is 5.88 Å². The van der Waals surface area contributed by atoms with Crippen LogP contribution in [0.5, 0.6) is 11.5 Å². The van der Waals surface area contributed by atoms with Crippen molar-refractivity contribution in [2.45, 2.75) is 5.03 Å². The maximum Gasteiger partial charge on any atom is 0.305 e. The van der Waals surface area contributed by atoms with Gasteiger partial charge in [0.15, 0.2) is 0 Å². The summed E-state index contributed by atoms with van der Waals surface area (Å²) in [6.45, 7) is 0. The van der Waals surface area contributed by atoms with E-state index in [0.29, 0.717) is 38.9 Å². The second-order valence-corrected chi connectivity index (χ2v) is 8.91. The number of aromatic nitrogens is 3. The number of anilines is 1. The van der Waals surface area contributed by atoms with Crippen LogP contribution in [0.15, 0.2) is 70.3 Å². The van der Waals surface area contributed by atoms with Gasteiger partial charge in [-0.1, -0.05) is 42.1 Å². The van der Waals surface area contributed by atoms with Gasteiger partial charge in [0.1, 0.15) is 22.6 Å². The summed E-state index contributed by atoms with van der Waals surface area (Å²) in [6, 6.07) is 19.1. The molecule has 0 fully saturated rings. The first kappa shape index (κ1) is 25.5. The topological polar surface area (TPSA) is 117 Å². The van der Waals surface area contributed by atoms with E-state index in [1.54, 1.807) is 51.7 Å². The third-order valence-corrected chi connectivity index (χ3v) is 6.31. The van der Waals surface area contributed by atoms with Crippen LogP contribution in [0.2, 0.25) is 0 Å². The molecular weight excluding hydrogens is 492 g/mol. The number of nitriles is 1. The van der Waals surface area contributed by atoms with E-state index in [1.165, 1.54) is 4.79 Å². The molecule has 1 amide bonds. The number of nitrogens with zero attached hydrogens (tertiary/aromatic N) is 5. The fourth-order valence-electron chi connectivity index (χ4n) is 3.52. The average Bonchev–Trinajstić information content (AvgIpc) is 3.40. The number of benzene rings is 2. The van der Waals surface area contributed by atoms with Crippen molar-refractivity contribution in [3.63, 3.8) is 0 Å². The first-order chi connectivity index (χ1) is 17.9. The second kappa shape index (κ2) is 11.5. The van der Waals surface area contributed by atoms with E-state index in [4.69, 9.17) is 19.0 Å². The van der Waals surface area contributed by atoms with E-state index < -0.39 is 0 Å². The Kier molecular flexibility index (Phi) is 7.90. The Bertz CT molecular complexity index is 1450. The van der Waals surface area contributed by atoms with E-state index in [0.717, 1.165) is 17.3 Å². The summed E-state index contributed by atoms with van der Waals surface area (Å²) >= 11 is 1.16. The number of hydrogen-bond donors (Lipinski definition) is 1. The molecule has 0 aliphatic heterocycles. The molecule has 0 bridgehead atoms. The van der Waals surface area contributed by atoms with Crippen molar-refractivity contribution in [1.29, 1.82) is 5.26 Å². The van der Waals surface area contributed by atoms with Crippen LogP contribution < -0.4 is 24.6 Å². The predicted molar refractivity (Wildman–Crippen MR) is 139 cm³/mol. The molecular formula is C26H25N6O4S+. The fourth-order valence-corrected chi connectivity index (χ4v) is 4.32. The van der Waals surface area contributed by atoms with Crippen molar-refractivity contribution in [3.05, 3.63) is 66.4 Å². The third-order valence-electron chi connectivity index (χ3n) is 5.33. The van der Waals surface area contributed by atoms with Crippen LogP contribution in [-0.2, 0) is 4.79 Å². The number of rotatable bonds is 9. The van der Waals surface area contributed by atoms with Crippen molar-refractivity contribution < 1.29 is 23.6 Å². The molecule has 0 radical (unpaired) electrons. The molecule has 0 saturated heterocycles. The van der Waals surface area contributed by atoms with Crippen LogP contribution in [0.1, 0.15) is 5.56 Å². The average molecular weight is 518 g/mol. The molecule has 188 valence electrons. The van der Waals surface area contributed by atoms with E-state index in [1.807, 2.05) is 42.5 Å². The van der Waals surface area contributed by atoms with Gasteiger partial charge in [-0.25, -0.2) is 4.98 Å². The highest BCUT2D eigenvalue weighted by Crippen LogP contribution is 2.39.